The molecule has 5 nitrogen and oxygen atoms in total. The van der Waals surface area contributed by atoms with E-state index in [4.69, 9.17) is 16.3 Å². The van der Waals surface area contributed by atoms with Gasteiger partial charge in [0.2, 0.25) is 0 Å². The number of aromatic nitrogens is 1. The molecule has 0 aliphatic rings. The molecule has 1 heterocycles. The van der Waals surface area contributed by atoms with Crippen LogP contribution in [0.5, 0.6) is 0 Å². The van der Waals surface area contributed by atoms with E-state index in [1.54, 1.807) is 12.1 Å². The van der Waals surface area contributed by atoms with Crippen molar-refractivity contribution in [1.82, 2.24) is 4.98 Å². The van der Waals surface area contributed by atoms with E-state index in [1.807, 2.05) is 0 Å². The molecule has 0 fully saturated rings. The highest BCUT2D eigenvalue weighted by Gasteiger charge is 2.31. The molecule has 0 saturated carbocycles. The minimum absolute atomic E-state index is 0.000693. The van der Waals surface area contributed by atoms with E-state index >= 15 is 0 Å². The van der Waals surface area contributed by atoms with Crippen LogP contribution in [0.4, 0.5) is 18.9 Å². The zero-order valence-electron chi connectivity index (χ0n) is 12.8. The molecule has 2 aromatic rings. The molecule has 0 spiro atoms. The molecule has 132 valence electrons. The van der Waals surface area contributed by atoms with Crippen LogP contribution in [-0.2, 0) is 15.7 Å². The van der Waals surface area contributed by atoms with Crippen molar-refractivity contribution in [3.8, 4) is 0 Å². The van der Waals surface area contributed by atoms with Crippen LogP contribution in [0.2, 0.25) is 5.02 Å². The second kappa shape index (κ2) is 7.52. The number of alkyl halides is 3. The lowest BCUT2D eigenvalue weighted by atomic mass is 10.2. The number of carbonyl (C=O) groups excluding carboxylic acids is 2. The van der Waals surface area contributed by atoms with Crippen molar-refractivity contribution < 1.29 is 27.5 Å². The topological polar surface area (TPSA) is 68.3 Å². The van der Waals surface area contributed by atoms with Crippen LogP contribution in [0.25, 0.3) is 0 Å². The molecule has 0 aliphatic carbocycles. The van der Waals surface area contributed by atoms with E-state index in [-0.39, 0.29) is 16.4 Å². The van der Waals surface area contributed by atoms with Crippen molar-refractivity contribution in [3.63, 3.8) is 0 Å². The second-order valence-electron chi connectivity index (χ2n) is 4.94. The molecule has 0 saturated heterocycles. The molecule has 1 aromatic carbocycles. The Kier molecular flexibility index (Phi) is 5.63. The predicted molar refractivity (Wildman–Crippen MR) is 84.2 cm³/mol. The normalized spacial score (nSPS) is 12.4. The number of benzene rings is 1. The Labute approximate surface area is 145 Å². The number of amides is 1. The summed E-state index contributed by atoms with van der Waals surface area (Å²) in [5.74, 6) is -1.66. The van der Waals surface area contributed by atoms with E-state index in [9.17, 15) is 22.8 Å². The zero-order chi connectivity index (χ0) is 18.6. The largest absolute Gasteiger partial charge is 0.448 e. The van der Waals surface area contributed by atoms with Gasteiger partial charge >= 0.3 is 12.1 Å². The van der Waals surface area contributed by atoms with Gasteiger partial charge < -0.3 is 10.1 Å². The molecule has 1 unspecified atom stereocenters. The predicted octanol–water partition coefficient (Wildman–Crippen LogP) is 3.94. The van der Waals surface area contributed by atoms with Crippen molar-refractivity contribution in [3.05, 3.63) is 58.9 Å². The van der Waals surface area contributed by atoms with Gasteiger partial charge in [0.05, 0.1) is 16.3 Å². The molecule has 9 heteroatoms. The lowest BCUT2D eigenvalue weighted by molar-refractivity contribution is -0.137. The van der Waals surface area contributed by atoms with Gasteiger partial charge in [-0.1, -0.05) is 17.7 Å². The summed E-state index contributed by atoms with van der Waals surface area (Å²) >= 11 is 5.80. The Morgan fingerprint density at radius 1 is 1.24 bits per heavy atom. The van der Waals surface area contributed by atoms with Crippen LogP contribution in [0.1, 0.15) is 23.0 Å². The van der Waals surface area contributed by atoms with Crippen LogP contribution in [0.15, 0.2) is 42.6 Å². The average molecular weight is 373 g/mol. The van der Waals surface area contributed by atoms with Crippen LogP contribution in [-0.4, -0.2) is 23.0 Å². The number of pyridine rings is 1. The maximum absolute atomic E-state index is 12.7. The van der Waals surface area contributed by atoms with Gasteiger partial charge in [0, 0.05) is 6.20 Å². The number of hydrogen-bond donors (Lipinski definition) is 1. The van der Waals surface area contributed by atoms with Crippen LogP contribution in [0, 0.1) is 0 Å². The van der Waals surface area contributed by atoms with Crippen molar-refractivity contribution in [1.29, 1.82) is 0 Å². The van der Waals surface area contributed by atoms with Crippen molar-refractivity contribution in [2.24, 2.45) is 0 Å². The van der Waals surface area contributed by atoms with Gasteiger partial charge in [-0.3, -0.25) is 4.79 Å². The first kappa shape index (κ1) is 18.7. The molecule has 1 atom stereocenters. The second-order valence-corrected chi connectivity index (χ2v) is 5.35. The maximum atomic E-state index is 12.7. The van der Waals surface area contributed by atoms with Crippen molar-refractivity contribution in [2.45, 2.75) is 19.2 Å². The smallest absolute Gasteiger partial charge is 0.416 e. The molecule has 1 aromatic heterocycles. The minimum atomic E-state index is -4.58. The Balaban J connectivity index is 2.07. The Hall–Kier alpha value is -2.61. The van der Waals surface area contributed by atoms with Crippen LogP contribution in [0.3, 0.4) is 0 Å². The van der Waals surface area contributed by atoms with Gasteiger partial charge in [-0.25, -0.2) is 9.78 Å². The lowest BCUT2D eigenvalue weighted by Gasteiger charge is -2.15. The first-order valence-corrected chi connectivity index (χ1v) is 7.36. The minimum Gasteiger partial charge on any atom is -0.448 e. The standard InChI is InChI=1S/C16H12ClF3N2O3/c1-9(25-15(24)12-4-2-3-7-21-12)14(23)22-13-8-10(16(18,19)20)5-6-11(13)17/h2-9H,1H3,(H,22,23). The number of ether oxygens (including phenoxy) is 1. The van der Waals surface area contributed by atoms with Gasteiger partial charge in [0.15, 0.2) is 6.10 Å². The third-order valence-corrected chi connectivity index (χ3v) is 3.41. The summed E-state index contributed by atoms with van der Waals surface area (Å²) in [5.41, 5.74) is -1.20. The molecule has 0 aliphatic heterocycles. The highest BCUT2D eigenvalue weighted by molar-refractivity contribution is 6.33. The highest BCUT2D eigenvalue weighted by atomic mass is 35.5. The van der Waals surface area contributed by atoms with E-state index in [1.165, 1.54) is 19.2 Å². The number of carbonyl (C=O) groups is 2. The van der Waals surface area contributed by atoms with E-state index in [0.717, 1.165) is 12.1 Å². The van der Waals surface area contributed by atoms with Gasteiger partial charge in [-0.2, -0.15) is 13.2 Å². The van der Waals surface area contributed by atoms with Crippen LogP contribution < -0.4 is 5.32 Å². The molecule has 0 bridgehead atoms. The molecular weight excluding hydrogens is 361 g/mol. The number of hydrogen-bond acceptors (Lipinski definition) is 4. The first-order valence-electron chi connectivity index (χ1n) is 6.98. The molecular formula is C16H12ClF3N2O3. The lowest BCUT2D eigenvalue weighted by Crippen LogP contribution is -2.30. The average Bonchev–Trinajstić information content (AvgIpc) is 2.56. The Morgan fingerprint density at radius 2 is 1.96 bits per heavy atom. The maximum Gasteiger partial charge on any atom is 0.416 e. The summed E-state index contributed by atoms with van der Waals surface area (Å²) in [6.07, 6.45) is -4.47. The third kappa shape index (κ3) is 4.93. The summed E-state index contributed by atoms with van der Waals surface area (Å²) < 4.78 is 43.1. The number of rotatable bonds is 4. The number of esters is 1. The van der Waals surface area contributed by atoms with Crippen molar-refractivity contribution in [2.75, 3.05) is 5.32 Å². The first-order chi connectivity index (χ1) is 11.7. The summed E-state index contributed by atoms with van der Waals surface area (Å²) in [6, 6.07) is 7.08. The number of halogens is 4. The van der Waals surface area contributed by atoms with Gasteiger partial charge in [-0.15, -0.1) is 0 Å². The van der Waals surface area contributed by atoms with E-state index in [0.29, 0.717) is 6.07 Å². The summed E-state index contributed by atoms with van der Waals surface area (Å²) in [7, 11) is 0. The summed E-state index contributed by atoms with van der Waals surface area (Å²) in [6.45, 7) is 1.28. The van der Waals surface area contributed by atoms with Gasteiger partial charge in [0.25, 0.3) is 5.91 Å². The van der Waals surface area contributed by atoms with E-state index < -0.39 is 29.7 Å². The van der Waals surface area contributed by atoms with Gasteiger partial charge in [0.1, 0.15) is 5.69 Å². The zero-order valence-corrected chi connectivity index (χ0v) is 13.6. The van der Waals surface area contributed by atoms with Crippen molar-refractivity contribution >= 4 is 29.2 Å². The SMILES string of the molecule is CC(OC(=O)c1ccccn1)C(=O)Nc1cc(C(F)(F)F)ccc1Cl. The fourth-order valence-electron chi connectivity index (χ4n) is 1.79. The number of nitrogens with one attached hydrogen (secondary N) is 1. The molecule has 1 amide bonds. The molecule has 25 heavy (non-hydrogen) atoms. The molecule has 0 radical (unpaired) electrons. The van der Waals surface area contributed by atoms with Gasteiger partial charge in [-0.05, 0) is 37.3 Å². The Bertz CT molecular complexity index is 782. The fraction of sp³-hybridized carbons (Fsp3) is 0.188. The third-order valence-electron chi connectivity index (χ3n) is 3.08. The quantitative estimate of drug-likeness (QED) is 0.825. The number of anilines is 1. The molecule has 1 N–H and O–H groups in total. The van der Waals surface area contributed by atoms with E-state index in [2.05, 4.69) is 10.3 Å². The Morgan fingerprint density at radius 3 is 2.56 bits per heavy atom. The molecule has 2 rings (SSSR count). The monoisotopic (exact) mass is 372 g/mol. The summed E-state index contributed by atoms with van der Waals surface area (Å²) in [4.78, 5) is 27.6. The fourth-order valence-corrected chi connectivity index (χ4v) is 1.95. The van der Waals surface area contributed by atoms with Crippen LogP contribution >= 0.6 is 11.6 Å². The highest BCUT2D eigenvalue weighted by Crippen LogP contribution is 2.33. The number of nitrogens with zero attached hydrogens (tertiary/aromatic N) is 1. The summed E-state index contributed by atoms with van der Waals surface area (Å²) in [5, 5.41) is 2.13.